The summed E-state index contributed by atoms with van der Waals surface area (Å²) in [5.41, 5.74) is 3.21. The third kappa shape index (κ3) is 3.20. The Morgan fingerprint density at radius 2 is 1.75 bits per heavy atom. The van der Waals surface area contributed by atoms with Gasteiger partial charge in [-0.1, -0.05) is 0 Å². The highest BCUT2D eigenvalue weighted by atomic mass is 16.5. The Morgan fingerprint density at radius 3 is 2.30 bits per heavy atom. The van der Waals surface area contributed by atoms with Crippen molar-refractivity contribution >= 4 is 12.1 Å². The van der Waals surface area contributed by atoms with Crippen LogP contribution in [0.5, 0.6) is 17.2 Å². The van der Waals surface area contributed by atoms with Gasteiger partial charge in [0.1, 0.15) is 5.75 Å². The molecule has 1 aromatic carbocycles. The molecule has 0 aromatic heterocycles. The summed E-state index contributed by atoms with van der Waals surface area (Å²) in [4.78, 5) is 11.5. The number of benzene rings is 1. The molecule has 0 heterocycles. The van der Waals surface area contributed by atoms with E-state index in [1.54, 1.807) is 33.5 Å². The lowest BCUT2D eigenvalue weighted by atomic mass is 10.2. The molecular formula is C14H18N2O4. The normalized spacial score (nSPS) is 14.2. The zero-order valence-corrected chi connectivity index (χ0v) is 11.8. The van der Waals surface area contributed by atoms with Crippen LogP contribution in [-0.2, 0) is 4.79 Å². The van der Waals surface area contributed by atoms with Gasteiger partial charge in [0.2, 0.25) is 5.91 Å². The summed E-state index contributed by atoms with van der Waals surface area (Å²) < 4.78 is 15.7. The van der Waals surface area contributed by atoms with Crippen LogP contribution < -0.4 is 19.6 Å². The Labute approximate surface area is 117 Å². The van der Waals surface area contributed by atoms with Gasteiger partial charge in [-0.15, -0.1) is 0 Å². The molecule has 0 spiro atoms. The SMILES string of the molecule is COc1cc(OC)c(OC)cc1/C=N/NC(=O)C1CC1. The number of hydrogen-bond acceptors (Lipinski definition) is 5. The van der Waals surface area contributed by atoms with Crippen molar-refractivity contribution in [3.63, 3.8) is 0 Å². The Bertz CT molecular complexity index is 524. The molecule has 2 rings (SSSR count). The number of ether oxygens (including phenoxy) is 3. The van der Waals surface area contributed by atoms with Crippen molar-refractivity contribution in [2.24, 2.45) is 11.0 Å². The summed E-state index contributed by atoms with van der Waals surface area (Å²) in [5, 5.41) is 3.94. The van der Waals surface area contributed by atoms with E-state index in [4.69, 9.17) is 14.2 Å². The minimum atomic E-state index is -0.0410. The van der Waals surface area contributed by atoms with Gasteiger partial charge in [-0.25, -0.2) is 5.43 Å². The highest BCUT2D eigenvalue weighted by Crippen LogP contribution is 2.33. The molecule has 0 radical (unpaired) electrons. The maximum Gasteiger partial charge on any atom is 0.243 e. The molecule has 0 aliphatic heterocycles. The van der Waals surface area contributed by atoms with E-state index in [-0.39, 0.29) is 11.8 Å². The molecule has 0 bridgehead atoms. The minimum Gasteiger partial charge on any atom is -0.496 e. The molecule has 1 aliphatic rings. The smallest absolute Gasteiger partial charge is 0.243 e. The number of carbonyl (C=O) groups is 1. The van der Waals surface area contributed by atoms with E-state index in [0.717, 1.165) is 12.8 Å². The van der Waals surface area contributed by atoms with Gasteiger partial charge in [0.05, 0.1) is 27.5 Å². The molecule has 6 heteroatoms. The third-order valence-corrected chi connectivity index (χ3v) is 3.06. The number of methoxy groups -OCH3 is 3. The van der Waals surface area contributed by atoms with Gasteiger partial charge < -0.3 is 14.2 Å². The van der Waals surface area contributed by atoms with E-state index in [0.29, 0.717) is 22.8 Å². The van der Waals surface area contributed by atoms with E-state index < -0.39 is 0 Å². The molecule has 1 N–H and O–H groups in total. The van der Waals surface area contributed by atoms with Crippen molar-refractivity contribution in [3.8, 4) is 17.2 Å². The van der Waals surface area contributed by atoms with Crippen molar-refractivity contribution in [2.45, 2.75) is 12.8 Å². The van der Waals surface area contributed by atoms with Crippen molar-refractivity contribution < 1.29 is 19.0 Å². The first-order valence-corrected chi connectivity index (χ1v) is 6.32. The lowest BCUT2D eigenvalue weighted by Crippen LogP contribution is -2.19. The first-order valence-electron chi connectivity index (χ1n) is 6.32. The molecule has 0 unspecified atom stereocenters. The average Bonchev–Trinajstić information content (AvgIpc) is 3.31. The van der Waals surface area contributed by atoms with E-state index in [1.165, 1.54) is 6.21 Å². The summed E-state index contributed by atoms with van der Waals surface area (Å²) in [6.45, 7) is 0. The number of carbonyl (C=O) groups excluding carboxylic acids is 1. The van der Waals surface area contributed by atoms with Gasteiger partial charge in [-0.05, 0) is 18.9 Å². The topological polar surface area (TPSA) is 69.2 Å². The van der Waals surface area contributed by atoms with Crippen LogP contribution in [0.4, 0.5) is 0 Å². The van der Waals surface area contributed by atoms with Crippen LogP contribution in [0.2, 0.25) is 0 Å². The zero-order chi connectivity index (χ0) is 14.5. The number of rotatable bonds is 6. The molecule has 0 atom stereocenters. The highest BCUT2D eigenvalue weighted by Gasteiger charge is 2.29. The molecular weight excluding hydrogens is 260 g/mol. The first kappa shape index (κ1) is 14.2. The second-order valence-corrected chi connectivity index (χ2v) is 4.46. The number of amides is 1. The van der Waals surface area contributed by atoms with Gasteiger partial charge in [0, 0.05) is 17.5 Å². The van der Waals surface area contributed by atoms with Crippen LogP contribution in [0.3, 0.4) is 0 Å². The summed E-state index contributed by atoms with van der Waals surface area (Å²) in [5.74, 6) is 1.82. The predicted molar refractivity (Wildman–Crippen MR) is 74.6 cm³/mol. The van der Waals surface area contributed by atoms with E-state index in [9.17, 15) is 4.79 Å². The van der Waals surface area contributed by atoms with Crippen molar-refractivity contribution in [1.29, 1.82) is 0 Å². The molecule has 0 saturated heterocycles. The van der Waals surface area contributed by atoms with E-state index >= 15 is 0 Å². The van der Waals surface area contributed by atoms with Crippen LogP contribution in [0.25, 0.3) is 0 Å². The Hall–Kier alpha value is -2.24. The maximum absolute atomic E-state index is 11.5. The van der Waals surface area contributed by atoms with Crippen molar-refractivity contribution in [3.05, 3.63) is 17.7 Å². The molecule has 1 fully saturated rings. The van der Waals surface area contributed by atoms with Crippen LogP contribution in [0, 0.1) is 5.92 Å². The average molecular weight is 278 g/mol. The summed E-state index contributed by atoms with van der Waals surface area (Å²) in [6.07, 6.45) is 3.42. The Balaban J connectivity index is 2.16. The lowest BCUT2D eigenvalue weighted by Gasteiger charge is -2.11. The fraction of sp³-hybridized carbons (Fsp3) is 0.429. The van der Waals surface area contributed by atoms with Gasteiger partial charge in [-0.3, -0.25) is 4.79 Å². The number of hydrazone groups is 1. The molecule has 6 nitrogen and oxygen atoms in total. The predicted octanol–water partition coefficient (Wildman–Crippen LogP) is 1.57. The highest BCUT2D eigenvalue weighted by molar-refractivity contribution is 5.87. The third-order valence-electron chi connectivity index (χ3n) is 3.06. The standard InChI is InChI=1S/C14H18N2O4/c1-18-11-7-13(20-3)12(19-2)6-10(11)8-15-16-14(17)9-4-5-9/h6-9H,4-5H2,1-3H3,(H,16,17)/b15-8+. The van der Waals surface area contributed by atoms with Crippen LogP contribution >= 0.6 is 0 Å². The largest absolute Gasteiger partial charge is 0.496 e. The summed E-state index contributed by atoms with van der Waals surface area (Å²) >= 11 is 0. The van der Waals surface area contributed by atoms with E-state index in [2.05, 4.69) is 10.5 Å². The van der Waals surface area contributed by atoms with Gasteiger partial charge in [-0.2, -0.15) is 5.10 Å². The van der Waals surface area contributed by atoms with Gasteiger partial charge in [0.15, 0.2) is 11.5 Å². The van der Waals surface area contributed by atoms with Gasteiger partial charge in [0.25, 0.3) is 0 Å². The van der Waals surface area contributed by atoms with Gasteiger partial charge >= 0.3 is 0 Å². The number of nitrogens with zero attached hydrogens (tertiary/aromatic N) is 1. The number of nitrogens with one attached hydrogen (secondary N) is 1. The van der Waals surface area contributed by atoms with Crippen molar-refractivity contribution in [1.82, 2.24) is 5.43 Å². The van der Waals surface area contributed by atoms with Crippen molar-refractivity contribution in [2.75, 3.05) is 21.3 Å². The first-order chi connectivity index (χ1) is 9.69. The second kappa shape index (κ2) is 6.27. The lowest BCUT2D eigenvalue weighted by molar-refractivity contribution is -0.122. The van der Waals surface area contributed by atoms with Crippen LogP contribution in [0.15, 0.2) is 17.2 Å². The van der Waals surface area contributed by atoms with Crippen LogP contribution in [0.1, 0.15) is 18.4 Å². The fourth-order valence-corrected chi connectivity index (χ4v) is 1.76. The van der Waals surface area contributed by atoms with E-state index in [1.807, 2.05) is 0 Å². The van der Waals surface area contributed by atoms with Crippen LogP contribution in [-0.4, -0.2) is 33.5 Å². The molecule has 1 amide bonds. The monoisotopic (exact) mass is 278 g/mol. The summed E-state index contributed by atoms with van der Waals surface area (Å²) in [6, 6.07) is 3.45. The zero-order valence-electron chi connectivity index (χ0n) is 11.8. The molecule has 108 valence electrons. The quantitative estimate of drug-likeness (QED) is 0.633. The second-order valence-electron chi connectivity index (χ2n) is 4.46. The molecule has 1 aliphatic carbocycles. The minimum absolute atomic E-state index is 0.0410. The fourth-order valence-electron chi connectivity index (χ4n) is 1.76. The maximum atomic E-state index is 11.5. The number of hydrogen-bond donors (Lipinski definition) is 1. The summed E-state index contributed by atoms with van der Waals surface area (Å²) in [7, 11) is 4.67. The molecule has 20 heavy (non-hydrogen) atoms. The molecule has 1 saturated carbocycles. The Kier molecular flexibility index (Phi) is 4.45. The Morgan fingerprint density at radius 1 is 1.15 bits per heavy atom. The molecule has 1 aromatic rings.